The second-order valence-electron chi connectivity index (χ2n) is 10.2. The zero-order valence-electron chi connectivity index (χ0n) is 21.7. The topological polar surface area (TPSA) is 60.8 Å². The summed E-state index contributed by atoms with van der Waals surface area (Å²) in [6.45, 7) is 9.75. The Labute approximate surface area is 222 Å². The number of nitrogens with zero attached hydrogens (tertiary/aromatic N) is 1. The van der Waals surface area contributed by atoms with Crippen molar-refractivity contribution in [3.63, 3.8) is 0 Å². The largest absolute Gasteiger partial charge is 0.507 e. The van der Waals surface area contributed by atoms with Crippen molar-refractivity contribution in [2.75, 3.05) is 4.90 Å². The molecule has 0 fully saturated rings. The Bertz CT molecular complexity index is 1470. The van der Waals surface area contributed by atoms with Crippen molar-refractivity contribution in [2.24, 2.45) is 0 Å². The third-order valence-corrected chi connectivity index (χ3v) is 7.92. The highest BCUT2D eigenvalue weighted by molar-refractivity contribution is 6.31. The van der Waals surface area contributed by atoms with E-state index in [0.29, 0.717) is 33.8 Å². The number of carbonyl (C=O) groups excluding carboxylic acids is 1. The lowest BCUT2D eigenvalue weighted by atomic mass is 9.68. The molecule has 5 rings (SSSR count). The quantitative estimate of drug-likeness (QED) is 0.305. The van der Waals surface area contributed by atoms with Crippen LogP contribution in [0.5, 0.6) is 11.5 Å². The first-order valence-corrected chi connectivity index (χ1v) is 12.7. The number of rotatable bonds is 4. The number of fused-ring (bicyclic) bond motifs is 1. The van der Waals surface area contributed by atoms with Gasteiger partial charge in [-0.05, 0) is 85.7 Å². The van der Waals surface area contributed by atoms with Gasteiger partial charge in [-0.15, -0.1) is 0 Å². The van der Waals surface area contributed by atoms with Gasteiger partial charge in [-0.2, -0.15) is 0 Å². The van der Waals surface area contributed by atoms with Gasteiger partial charge in [0, 0.05) is 16.3 Å². The first kappa shape index (κ1) is 24.9. The zero-order valence-corrected chi connectivity index (χ0v) is 22.4. The van der Waals surface area contributed by atoms with Gasteiger partial charge in [-0.1, -0.05) is 71.8 Å². The molecule has 5 heteroatoms. The maximum atomic E-state index is 14.9. The molecule has 0 unspecified atom stereocenters. The third kappa shape index (κ3) is 3.79. The van der Waals surface area contributed by atoms with Crippen LogP contribution >= 0.6 is 11.6 Å². The summed E-state index contributed by atoms with van der Waals surface area (Å²) in [6, 6.07) is 21.3. The first-order chi connectivity index (χ1) is 17.5. The summed E-state index contributed by atoms with van der Waals surface area (Å²) in [4.78, 5) is 16.7. The van der Waals surface area contributed by atoms with Crippen molar-refractivity contribution < 1.29 is 15.0 Å². The average Bonchev–Trinajstić information content (AvgIpc) is 3.09. The highest BCUT2D eigenvalue weighted by atomic mass is 35.5. The minimum absolute atomic E-state index is 0.0954. The molecule has 37 heavy (non-hydrogen) atoms. The Morgan fingerprint density at radius 2 is 1.27 bits per heavy atom. The number of anilines is 1. The Kier molecular flexibility index (Phi) is 6.04. The van der Waals surface area contributed by atoms with Crippen molar-refractivity contribution >= 4 is 23.2 Å². The molecule has 0 saturated carbocycles. The van der Waals surface area contributed by atoms with E-state index in [1.165, 1.54) is 0 Å². The van der Waals surface area contributed by atoms with E-state index in [1.54, 1.807) is 0 Å². The summed E-state index contributed by atoms with van der Waals surface area (Å²) in [7, 11) is 0. The number of phenolic OH excluding ortho intramolecular Hbond substituents is 2. The fraction of sp³-hybridized carbons (Fsp3) is 0.219. The Balaban J connectivity index is 1.87. The summed E-state index contributed by atoms with van der Waals surface area (Å²) in [6.07, 6.45) is 0. The maximum absolute atomic E-state index is 14.9. The van der Waals surface area contributed by atoms with Gasteiger partial charge in [0.25, 0.3) is 0 Å². The Morgan fingerprint density at radius 1 is 0.757 bits per heavy atom. The number of carbonyl (C=O) groups is 1. The van der Waals surface area contributed by atoms with E-state index in [4.69, 9.17) is 11.6 Å². The van der Waals surface area contributed by atoms with Crippen molar-refractivity contribution in [1.29, 1.82) is 0 Å². The van der Waals surface area contributed by atoms with Crippen LogP contribution in [0.4, 0.5) is 5.69 Å². The minimum atomic E-state index is -1.17. The van der Waals surface area contributed by atoms with E-state index in [-0.39, 0.29) is 17.4 Å². The normalized spacial score (nSPS) is 14.2. The van der Waals surface area contributed by atoms with E-state index in [0.717, 1.165) is 33.5 Å². The SMILES string of the molecule is Cc1ccc2c(c1)C(c1cc(C)c(O)c(C)c1)(c1cc(C)c(O)c(C)c1)C(=O)N2Cc1ccccc1Cl. The van der Waals surface area contributed by atoms with Crippen LogP contribution in [0.1, 0.15) is 50.1 Å². The van der Waals surface area contributed by atoms with Gasteiger partial charge in [0.05, 0.1) is 6.54 Å². The summed E-state index contributed by atoms with van der Waals surface area (Å²) < 4.78 is 0. The molecule has 1 aliphatic rings. The summed E-state index contributed by atoms with van der Waals surface area (Å²) in [5.41, 5.74) is 6.79. The number of benzene rings is 4. The predicted octanol–water partition coefficient (Wildman–Crippen LogP) is 7.17. The number of hydrogen-bond donors (Lipinski definition) is 2. The molecule has 1 amide bonds. The highest BCUT2D eigenvalue weighted by Gasteiger charge is 2.54. The molecule has 0 aromatic heterocycles. The van der Waals surface area contributed by atoms with Crippen LogP contribution in [0, 0.1) is 34.6 Å². The summed E-state index contributed by atoms with van der Waals surface area (Å²) >= 11 is 6.53. The number of aromatic hydroxyl groups is 2. The van der Waals surface area contributed by atoms with Crippen LogP contribution < -0.4 is 4.90 Å². The highest BCUT2D eigenvalue weighted by Crippen LogP contribution is 2.53. The van der Waals surface area contributed by atoms with E-state index in [9.17, 15) is 15.0 Å². The number of amides is 1. The number of aryl methyl sites for hydroxylation is 5. The third-order valence-electron chi connectivity index (χ3n) is 7.55. The molecule has 188 valence electrons. The van der Waals surface area contributed by atoms with Crippen LogP contribution in [-0.4, -0.2) is 16.1 Å². The van der Waals surface area contributed by atoms with Crippen LogP contribution in [0.15, 0.2) is 66.7 Å². The fourth-order valence-corrected chi connectivity index (χ4v) is 5.83. The molecule has 1 aliphatic heterocycles. The van der Waals surface area contributed by atoms with Gasteiger partial charge >= 0.3 is 0 Å². The van der Waals surface area contributed by atoms with Crippen molar-refractivity contribution in [1.82, 2.24) is 0 Å². The first-order valence-electron chi connectivity index (χ1n) is 12.3. The lowest BCUT2D eigenvalue weighted by Crippen LogP contribution is -2.42. The van der Waals surface area contributed by atoms with E-state index < -0.39 is 5.41 Å². The Hall–Kier alpha value is -3.76. The van der Waals surface area contributed by atoms with Gasteiger partial charge < -0.3 is 15.1 Å². The monoisotopic (exact) mass is 511 g/mol. The second-order valence-corrected chi connectivity index (χ2v) is 10.6. The molecule has 0 saturated heterocycles. The number of phenols is 2. The fourth-order valence-electron chi connectivity index (χ4n) is 5.64. The summed E-state index contributed by atoms with van der Waals surface area (Å²) in [5, 5.41) is 21.8. The van der Waals surface area contributed by atoms with Crippen LogP contribution in [0.3, 0.4) is 0 Å². The molecule has 0 radical (unpaired) electrons. The van der Waals surface area contributed by atoms with Gasteiger partial charge in [-0.25, -0.2) is 0 Å². The second kappa shape index (κ2) is 8.97. The maximum Gasteiger partial charge on any atom is 0.247 e. The van der Waals surface area contributed by atoms with Crippen molar-refractivity contribution in [2.45, 2.75) is 46.6 Å². The van der Waals surface area contributed by atoms with Gasteiger partial charge in [-0.3, -0.25) is 4.79 Å². The molecule has 0 spiro atoms. The molecular weight excluding hydrogens is 482 g/mol. The van der Waals surface area contributed by atoms with Crippen molar-refractivity contribution in [3.8, 4) is 11.5 Å². The van der Waals surface area contributed by atoms with Crippen LogP contribution in [0.25, 0.3) is 0 Å². The average molecular weight is 512 g/mol. The molecule has 4 aromatic carbocycles. The van der Waals surface area contributed by atoms with Gasteiger partial charge in [0.1, 0.15) is 16.9 Å². The molecular formula is C32H30ClNO3. The minimum Gasteiger partial charge on any atom is -0.507 e. The molecule has 1 heterocycles. The van der Waals surface area contributed by atoms with Gasteiger partial charge in [0.15, 0.2) is 0 Å². The van der Waals surface area contributed by atoms with E-state index in [2.05, 4.69) is 6.07 Å². The van der Waals surface area contributed by atoms with Gasteiger partial charge in [0.2, 0.25) is 5.91 Å². The molecule has 0 bridgehead atoms. The lowest BCUT2D eigenvalue weighted by Gasteiger charge is -2.32. The van der Waals surface area contributed by atoms with Crippen molar-refractivity contribution in [3.05, 3.63) is 122 Å². The molecule has 4 nitrogen and oxygen atoms in total. The number of hydrogen-bond acceptors (Lipinski definition) is 3. The smallest absolute Gasteiger partial charge is 0.247 e. The molecule has 2 N–H and O–H groups in total. The van der Waals surface area contributed by atoms with E-state index >= 15 is 0 Å². The van der Waals surface area contributed by atoms with E-state index in [1.807, 2.05) is 100 Å². The summed E-state index contributed by atoms with van der Waals surface area (Å²) in [5.74, 6) is 0.349. The Morgan fingerprint density at radius 3 is 1.78 bits per heavy atom. The zero-order chi connectivity index (χ0) is 26.6. The molecule has 0 atom stereocenters. The standard InChI is InChI=1S/C32H30ClNO3/c1-18-10-11-28-26(12-18)32(24-13-19(2)29(35)20(3)14-24,25-15-21(4)30(36)22(5)16-25)31(37)34(28)17-23-8-6-7-9-27(23)33/h6-16,35-36H,17H2,1-5H3. The van der Waals surface area contributed by atoms with Crippen LogP contribution in [-0.2, 0) is 16.8 Å². The number of halogens is 1. The predicted molar refractivity (Wildman–Crippen MR) is 149 cm³/mol. The molecule has 4 aromatic rings. The molecule has 0 aliphatic carbocycles. The van der Waals surface area contributed by atoms with Crippen LogP contribution in [0.2, 0.25) is 5.02 Å². The lowest BCUT2D eigenvalue weighted by molar-refractivity contribution is -0.120.